The van der Waals surface area contributed by atoms with Gasteiger partial charge in [-0.05, 0) is 38.8 Å². The number of piperidine rings is 1. The number of aromatic nitrogens is 2. The van der Waals surface area contributed by atoms with E-state index in [1.54, 1.807) is 0 Å². The molecule has 0 spiro atoms. The van der Waals surface area contributed by atoms with E-state index in [0.29, 0.717) is 32.0 Å². The van der Waals surface area contributed by atoms with Crippen molar-refractivity contribution in [1.82, 2.24) is 15.3 Å². The van der Waals surface area contributed by atoms with Gasteiger partial charge in [-0.15, -0.1) is 0 Å². The summed E-state index contributed by atoms with van der Waals surface area (Å²) in [6, 6.07) is 1.22. The Morgan fingerprint density at radius 1 is 1.34 bits per heavy atom. The Bertz CT molecular complexity index is 952. The van der Waals surface area contributed by atoms with Gasteiger partial charge < -0.3 is 19.8 Å². The molecule has 1 aromatic carbocycles. The topological polar surface area (TPSA) is 71.9 Å². The molecular weight excluding hydrogens is 440 g/mol. The zero-order valence-electron chi connectivity index (χ0n) is 18.5. The van der Waals surface area contributed by atoms with Crippen molar-refractivity contribution in [3.8, 4) is 16.9 Å². The molecule has 10 heteroatoms. The minimum atomic E-state index is -0.788. The summed E-state index contributed by atoms with van der Waals surface area (Å²) in [6.07, 6.45) is 5.09. The average Bonchev–Trinajstić information content (AvgIpc) is 2.77. The van der Waals surface area contributed by atoms with Crippen LogP contribution in [0.25, 0.3) is 11.1 Å². The van der Waals surface area contributed by atoms with E-state index in [1.165, 1.54) is 25.6 Å². The molecule has 0 radical (unpaired) electrons. The Morgan fingerprint density at radius 3 is 2.75 bits per heavy atom. The number of nitrogens with one attached hydrogen (secondary N) is 1. The summed E-state index contributed by atoms with van der Waals surface area (Å²) < 4.78 is 36.8. The number of ether oxygens (including phenoxy) is 1. The van der Waals surface area contributed by atoms with Gasteiger partial charge in [-0.25, -0.2) is 18.7 Å². The molecule has 1 N–H and O–H groups in total. The molecule has 0 aliphatic carbocycles. The van der Waals surface area contributed by atoms with Gasteiger partial charge >= 0.3 is 0 Å². The molecule has 1 fully saturated rings. The van der Waals surface area contributed by atoms with E-state index in [-0.39, 0.29) is 33.5 Å². The number of halogens is 3. The predicted molar refractivity (Wildman–Crippen MR) is 122 cm³/mol. The number of oxime groups is 1. The first-order valence-corrected chi connectivity index (χ1v) is 11.0. The Hall–Kier alpha value is -2.52. The number of hydrogen-bond donors (Lipinski definition) is 1. The van der Waals surface area contributed by atoms with Crippen LogP contribution in [0.5, 0.6) is 5.75 Å². The zero-order chi connectivity index (χ0) is 23.1. The van der Waals surface area contributed by atoms with Crippen molar-refractivity contribution in [1.29, 1.82) is 0 Å². The quantitative estimate of drug-likeness (QED) is 0.257. The highest BCUT2D eigenvalue weighted by molar-refractivity contribution is 6.32. The molecule has 32 heavy (non-hydrogen) atoms. The minimum absolute atomic E-state index is 0.0598. The van der Waals surface area contributed by atoms with E-state index in [4.69, 9.17) is 16.3 Å². The molecule has 1 saturated heterocycles. The van der Waals surface area contributed by atoms with Crippen molar-refractivity contribution < 1.29 is 18.4 Å². The molecule has 0 unspecified atom stereocenters. The third-order valence-electron chi connectivity index (χ3n) is 5.39. The van der Waals surface area contributed by atoms with Crippen LogP contribution in [0.2, 0.25) is 5.15 Å². The molecule has 1 aliphatic rings. The number of rotatable bonds is 9. The first-order valence-electron chi connectivity index (χ1n) is 10.6. The predicted octanol–water partition coefficient (Wildman–Crippen LogP) is 4.28. The molecule has 174 valence electrons. The fraction of sp³-hybridized carbons (Fsp3) is 0.500. The van der Waals surface area contributed by atoms with Gasteiger partial charge in [0.1, 0.15) is 35.7 Å². The Labute approximate surface area is 191 Å². The third-order valence-corrected chi connectivity index (χ3v) is 5.68. The van der Waals surface area contributed by atoms with Gasteiger partial charge in [0, 0.05) is 30.9 Å². The number of nitrogens with zero attached hydrogens (tertiary/aromatic N) is 4. The second-order valence-corrected chi connectivity index (χ2v) is 8.08. The fourth-order valence-corrected chi connectivity index (χ4v) is 3.84. The van der Waals surface area contributed by atoms with Gasteiger partial charge in [0.25, 0.3) is 0 Å². The summed E-state index contributed by atoms with van der Waals surface area (Å²) in [5.41, 5.74) is 0.0323. The van der Waals surface area contributed by atoms with Crippen molar-refractivity contribution in [2.75, 3.05) is 45.3 Å². The second kappa shape index (κ2) is 11.4. The zero-order valence-corrected chi connectivity index (χ0v) is 19.3. The van der Waals surface area contributed by atoms with Crippen LogP contribution in [0.3, 0.4) is 0 Å². The van der Waals surface area contributed by atoms with Crippen LogP contribution in [0.15, 0.2) is 17.4 Å². The van der Waals surface area contributed by atoms with Gasteiger partial charge in [-0.1, -0.05) is 23.7 Å². The van der Waals surface area contributed by atoms with Crippen LogP contribution < -0.4 is 15.0 Å². The van der Waals surface area contributed by atoms with Crippen LogP contribution in [-0.2, 0) is 4.84 Å². The standard InChI is InChI=1S/C22H28ClF2N5O2/c1-14-5-8-30(9-6-14)21-17(32-10-4-7-26-2)11-16(24)19(20(21)25)15-12-27-18(13-28-31-3)29-22(15)23/h11-14,26H,4-10H2,1-3H3/b28-13-. The SMILES string of the molecule is CNCCCOc1cc(F)c(-c2cnc(/C=N\OC)nc2Cl)c(F)c1N1CCC(C)CC1. The lowest BCUT2D eigenvalue weighted by Crippen LogP contribution is -2.34. The molecule has 0 atom stereocenters. The van der Waals surface area contributed by atoms with Gasteiger partial charge in [-0.2, -0.15) is 0 Å². The summed E-state index contributed by atoms with van der Waals surface area (Å²) in [5.74, 6) is -0.610. The maximum absolute atomic E-state index is 15.9. The summed E-state index contributed by atoms with van der Waals surface area (Å²) in [7, 11) is 3.22. The highest BCUT2D eigenvalue weighted by Gasteiger charge is 2.28. The smallest absolute Gasteiger partial charge is 0.175 e. The highest BCUT2D eigenvalue weighted by Crippen LogP contribution is 2.42. The van der Waals surface area contributed by atoms with Crippen LogP contribution >= 0.6 is 11.6 Å². The lowest BCUT2D eigenvalue weighted by atomic mass is 9.97. The molecule has 3 rings (SSSR count). The van der Waals surface area contributed by atoms with Crippen LogP contribution in [0.4, 0.5) is 14.5 Å². The van der Waals surface area contributed by atoms with Crippen molar-refractivity contribution in [3.05, 3.63) is 34.9 Å². The van der Waals surface area contributed by atoms with Gasteiger partial charge in [0.2, 0.25) is 0 Å². The summed E-state index contributed by atoms with van der Waals surface area (Å²) in [6.45, 7) is 4.57. The summed E-state index contributed by atoms with van der Waals surface area (Å²) >= 11 is 6.26. The summed E-state index contributed by atoms with van der Waals surface area (Å²) in [4.78, 5) is 14.6. The maximum Gasteiger partial charge on any atom is 0.175 e. The largest absolute Gasteiger partial charge is 0.491 e. The monoisotopic (exact) mass is 467 g/mol. The van der Waals surface area contributed by atoms with Crippen molar-refractivity contribution in [2.24, 2.45) is 11.1 Å². The van der Waals surface area contributed by atoms with Crippen LogP contribution in [0, 0.1) is 17.6 Å². The Morgan fingerprint density at radius 2 is 2.09 bits per heavy atom. The van der Waals surface area contributed by atoms with Gasteiger partial charge in [0.15, 0.2) is 11.6 Å². The molecule has 1 aromatic heterocycles. The van der Waals surface area contributed by atoms with Gasteiger partial charge in [0.05, 0.1) is 12.2 Å². The van der Waals surface area contributed by atoms with E-state index in [0.717, 1.165) is 19.4 Å². The van der Waals surface area contributed by atoms with E-state index in [2.05, 4.69) is 32.2 Å². The van der Waals surface area contributed by atoms with Crippen molar-refractivity contribution in [3.63, 3.8) is 0 Å². The first kappa shape index (κ1) is 24.1. The number of benzene rings is 1. The Balaban J connectivity index is 2.03. The van der Waals surface area contributed by atoms with E-state index >= 15 is 8.78 Å². The van der Waals surface area contributed by atoms with Crippen LogP contribution in [0.1, 0.15) is 32.0 Å². The van der Waals surface area contributed by atoms with E-state index in [9.17, 15) is 0 Å². The fourth-order valence-electron chi connectivity index (χ4n) is 3.61. The third kappa shape index (κ3) is 5.63. The average molecular weight is 468 g/mol. The molecule has 2 aromatic rings. The first-order chi connectivity index (χ1) is 15.5. The normalized spacial score (nSPS) is 14.9. The van der Waals surface area contributed by atoms with E-state index in [1.807, 2.05) is 11.9 Å². The molecule has 1 aliphatic heterocycles. The van der Waals surface area contributed by atoms with Gasteiger partial charge in [-0.3, -0.25) is 0 Å². The van der Waals surface area contributed by atoms with Crippen LogP contribution in [-0.4, -0.2) is 56.6 Å². The highest BCUT2D eigenvalue weighted by atomic mass is 35.5. The lowest BCUT2D eigenvalue weighted by Gasteiger charge is -2.34. The minimum Gasteiger partial charge on any atom is -0.491 e. The molecule has 0 saturated carbocycles. The van der Waals surface area contributed by atoms with Crippen molar-refractivity contribution >= 4 is 23.5 Å². The lowest BCUT2D eigenvalue weighted by molar-refractivity contribution is 0.215. The van der Waals surface area contributed by atoms with E-state index < -0.39 is 11.6 Å². The maximum atomic E-state index is 15.9. The molecule has 7 nitrogen and oxygen atoms in total. The molecule has 2 heterocycles. The number of anilines is 1. The molecule has 0 bridgehead atoms. The second-order valence-electron chi connectivity index (χ2n) is 7.72. The Kier molecular flexibility index (Phi) is 8.58. The number of hydrogen-bond acceptors (Lipinski definition) is 7. The molecule has 0 amide bonds. The summed E-state index contributed by atoms with van der Waals surface area (Å²) in [5, 5.41) is 6.51. The van der Waals surface area contributed by atoms with Crippen molar-refractivity contribution in [2.45, 2.75) is 26.2 Å². The molecular formula is C22H28ClF2N5O2.